The van der Waals surface area contributed by atoms with Gasteiger partial charge in [-0.1, -0.05) is 29.3 Å². The molecule has 144 valence electrons. The molecule has 3 N–H and O–H groups in total. The Balaban J connectivity index is 1.94. The zero-order valence-electron chi connectivity index (χ0n) is 15.9. The van der Waals surface area contributed by atoms with Gasteiger partial charge in [0, 0.05) is 10.7 Å². The molecule has 2 amide bonds. The van der Waals surface area contributed by atoms with Gasteiger partial charge in [0.25, 0.3) is 11.8 Å². The first-order valence-corrected chi connectivity index (χ1v) is 9.01. The van der Waals surface area contributed by atoms with E-state index in [0.717, 1.165) is 16.2 Å². The van der Waals surface area contributed by atoms with Crippen molar-refractivity contribution in [2.24, 2.45) is 0 Å². The van der Waals surface area contributed by atoms with Gasteiger partial charge in [0.1, 0.15) is 5.75 Å². The Labute approximate surface area is 164 Å². The number of anilines is 2. The quantitative estimate of drug-likeness (QED) is 0.678. The molecule has 2 rings (SSSR count). The Morgan fingerprint density at radius 2 is 1.81 bits per heavy atom. The molecule has 0 bridgehead atoms. The third kappa shape index (κ3) is 5.98. The van der Waals surface area contributed by atoms with E-state index in [1.807, 2.05) is 31.2 Å². The average Bonchev–Trinajstić information content (AvgIpc) is 2.63. The third-order valence-electron chi connectivity index (χ3n) is 4.33. The topological polar surface area (TPSA) is 71.9 Å². The van der Waals surface area contributed by atoms with E-state index in [2.05, 4.69) is 10.6 Å². The van der Waals surface area contributed by atoms with Gasteiger partial charge in [-0.2, -0.15) is 0 Å². The Morgan fingerprint density at radius 1 is 1.15 bits per heavy atom. The number of amides is 2. The standard InChI is InChI=1S/C20H24ClN3O3/c1-13-5-8-16(9-6-13)22-19(25)12-24(3)14(2)20(26)23-17-11-15(21)7-10-18(17)27-4/h5-11,14H,12H2,1-4H3,(H,22,25)(H,23,26)/p+1/t14-/m1/s1. The van der Waals surface area contributed by atoms with Crippen molar-refractivity contribution in [3.8, 4) is 5.75 Å². The van der Waals surface area contributed by atoms with Crippen LogP contribution in [0.1, 0.15) is 12.5 Å². The maximum atomic E-state index is 12.5. The van der Waals surface area contributed by atoms with Gasteiger partial charge < -0.3 is 20.3 Å². The van der Waals surface area contributed by atoms with Crippen LogP contribution in [0.15, 0.2) is 42.5 Å². The molecule has 2 aromatic carbocycles. The van der Waals surface area contributed by atoms with Crippen molar-refractivity contribution in [3.05, 3.63) is 53.1 Å². The first kappa shape index (κ1) is 20.7. The van der Waals surface area contributed by atoms with Gasteiger partial charge >= 0.3 is 0 Å². The van der Waals surface area contributed by atoms with Gasteiger partial charge in [0.05, 0.1) is 19.8 Å². The van der Waals surface area contributed by atoms with Crippen LogP contribution >= 0.6 is 11.6 Å². The molecule has 27 heavy (non-hydrogen) atoms. The molecule has 0 spiro atoms. The summed E-state index contributed by atoms with van der Waals surface area (Å²) in [6, 6.07) is 12.1. The van der Waals surface area contributed by atoms with E-state index < -0.39 is 6.04 Å². The van der Waals surface area contributed by atoms with Crippen molar-refractivity contribution in [3.63, 3.8) is 0 Å². The zero-order valence-corrected chi connectivity index (χ0v) is 16.7. The molecule has 0 radical (unpaired) electrons. The summed E-state index contributed by atoms with van der Waals surface area (Å²) in [5.41, 5.74) is 2.36. The van der Waals surface area contributed by atoms with Crippen LogP contribution in [0.5, 0.6) is 5.75 Å². The van der Waals surface area contributed by atoms with Crippen LogP contribution < -0.4 is 20.3 Å². The van der Waals surface area contributed by atoms with Gasteiger partial charge in [-0.15, -0.1) is 0 Å². The second-order valence-electron chi connectivity index (χ2n) is 6.49. The number of benzene rings is 2. The molecule has 0 saturated carbocycles. The predicted molar refractivity (Wildman–Crippen MR) is 108 cm³/mol. The number of rotatable bonds is 7. The highest BCUT2D eigenvalue weighted by Gasteiger charge is 2.25. The zero-order chi connectivity index (χ0) is 20.0. The minimum Gasteiger partial charge on any atom is -0.495 e. The summed E-state index contributed by atoms with van der Waals surface area (Å²) in [5.74, 6) is 0.141. The monoisotopic (exact) mass is 390 g/mol. The molecule has 0 aliphatic heterocycles. The molecule has 2 aromatic rings. The number of hydrogen-bond acceptors (Lipinski definition) is 3. The number of methoxy groups -OCH3 is 1. The van der Waals surface area contributed by atoms with Crippen molar-refractivity contribution < 1.29 is 19.2 Å². The number of quaternary nitrogens is 1. The highest BCUT2D eigenvalue weighted by atomic mass is 35.5. The van der Waals surface area contributed by atoms with Gasteiger partial charge in [0.2, 0.25) is 0 Å². The van der Waals surface area contributed by atoms with Crippen molar-refractivity contribution in [2.75, 3.05) is 31.3 Å². The lowest BCUT2D eigenvalue weighted by atomic mass is 10.2. The minimum absolute atomic E-state index is 0.156. The lowest BCUT2D eigenvalue weighted by Gasteiger charge is -2.21. The molecule has 6 nitrogen and oxygen atoms in total. The molecule has 7 heteroatoms. The molecule has 1 unspecified atom stereocenters. The fourth-order valence-electron chi connectivity index (χ4n) is 2.49. The second-order valence-corrected chi connectivity index (χ2v) is 6.93. The number of hydrogen-bond donors (Lipinski definition) is 3. The van der Waals surface area contributed by atoms with E-state index >= 15 is 0 Å². The third-order valence-corrected chi connectivity index (χ3v) is 4.56. The maximum Gasteiger partial charge on any atom is 0.282 e. The highest BCUT2D eigenvalue weighted by Crippen LogP contribution is 2.27. The van der Waals surface area contributed by atoms with Crippen molar-refractivity contribution in [1.29, 1.82) is 0 Å². The van der Waals surface area contributed by atoms with Gasteiger partial charge in [-0.25, -0.2) is 0 Å². The molecule has 0 heterocycles. The van der Waals surface area contributed by atoms with Crippen LogP contribution in [0.3, 0.4) is 0 Å². The molecule has 0 aliphatic carbocycles. The van der Waals surface area contributed by atoms with Crippen LogP contribution in [0, 0.1) is 6.92 Å². The second kappa shape index (κ2) is 9.39. The number of carbonyl (C=O) groups excluding carboxylic acids is 2. The average molecular weight is 391 g/mol. The van der Waals surface area contributed by atoms with E-state index in [1.165, 1.54) is 7.11 Å². The molecular weight excluding hydrogens is 366 g/mol. The molecule has 0 fully saturated rings. The Hall–Kier alpha value is -2.57. The molecule has 2 atom stereocenters. The number of carbonyl (C=O) groups is 2. The number of nitrogens with one attached hydrogen (secondary N) is 3. The number of aryl methyl sites for hydroxylation is 1. The summed E-state index contributed by atoms with van der Waals surface area (Å²) in [6.07, 6.45) is 0. The summed E-state index contributed by atoms with van der Waals surface area (Å²) in [7, 11) is 3.32. The van der Waals surface area contributed by atoms with Gasteiger partial charge in [-0.05, 0) is 44.2 Å². The summed E-state index contributed by atoms with van der Waals surface area (Å²) in [6.45, 7) is 3.91. The van der Waals surface area contributed by atoms with E-state index in [1.54, 1.807) is 32.2 Å². The highest BCUT2D eigenvalue weighted by molar-refractivity contribution is 6.31. The summed E-state index contributed by atoms with van der Waals surface area (Å²) in [4.78, 5) is 25.5. The van der Waals surface area contributed by atoms with E-state index in [9.17, 15) is 9.59 Å². The molecular formula is C20H25ClN3O3+. The van der Waals surface area contributed by atoms with Crippen LogP contribution in [-0.4, -0.2) is 38.6 Å². The molecule has 0 saturated heterocycles. The first-order valence-electron chi connectivity index (χ1n) is 8.63. The first-order chi connectivity index (χ1) is 12.8. The van der Waals surface area contributed by atoms with Crippen LogP contribution in [0.25, 0.3) is 0 Å². The Bertz CT molecular complexity index is 809. The summed E-state index contributed by atoms with van der Waals surface area (Å²) < 4.78 is 5.24. The summed E-state index contributed by atoms with van der Waals surface area (Å²) in [5, 5.41) is 6.15. The minimum atomic E-state index is -0.447. The normalized spacial score (nSPS) is 12.8. The summed E-state index contributed by atoms with van der Waals surface area (Å²) >= 11 is 5.99. The van der Waals surface area contributed by atoms with Crippen molar-refractivity contribution >= 4 is 34.8 Å². The number of likely N-dealkylation sites (N-methyl/N-ethyl adjacent to an activating group) is 1. The Kier molecular flexibility index (Phi) is 7.21. The largest absolute Gasteiger partial charge is 0.495 e. The van der Waals surface area contributed by atoms with Crippen molar-refractivity contribution in [2.45, 2.75) is 19.9 Å². The van der Waals surface area contributed by atoms with Crippen LogP contribution in [0.2, 0.25) is 5.02 Å². The fourth-order valence-corrected chi connectivity index (χ4v) is 2.66. The fraction of sp³-hybridized carbons (Fsp3) is 0.300. The van der Waals surface area contributed by atoms with Crippen LogP contribution in [-0.2, 0) is 9.59 Å². The predicted octanol–water partition coefficient (Wildman–Crippen LogP) is 2.14. The SMILES string of the molecule is COc1ccc(Cl)cc1NC(=O)[C@@H](C)[NH+](C)CC(=O)Nc1ccc(C)cc1. The smallest absolute Gasteiger partial charge is 0.282 e. The maximum absolute atomic E-state index is 12.5. The lowest BCUT2D eigenvalue weighted by Crippen LogP contribution is -3.14. The molecule has 0 aromatic heterocycles. The number of halogens is 1. The van der Waals surface area contributed by atoms with Crippen LogP contribution in [0.4, 0.5) is 11.4 Å². The lowest BCUT2D eigenvalue weighted by molar-refractivity contribution is -0.885. The van der Waals surface area contributed by atoms with Crippen molar-refractivity contribution in [1.82, 2.24) is 0 Å². The molecule has 0 aliphatic rings. The number of ether oxygens (including phenoxy) is 1. The van der Waals surface area contributed by atoms with Gasteiger partial charge in [-0.3, -0.25) is 9.59 Å². The van der Waals surface area contributed by atoms with Gasteiger partial charge in [0.15, 0.2) is 12.6 Å². The van der Waals surface area contributed by atoms with E-state index in [0.29, 0.717) is 16.5 Å². The van der Waals surface area contributed by atoms with E-state index in [-0.39, 0.29) is 18.4 Å². The van der Waals surface area contributed by atoms with E-state index in [4.69, 9.17) is 16.3 Å². The Morgan fingerprint density at radius 3 is 2.44 bits per heavy atom.